The van der Waals surface area contributed by atoms with Crippen molar-refractivity contribution in [1.82, 2.24) is 25.2 Å². The van der Waals surface area contributed by atoms with Crippen molar-refractivity contribution in [3.63, 3.8) is 0 Å². The number of tetrazole rings is 1. The van der Waals surface area contributed by atoms with Gasteiger partial charge < -0.3 is 5.32 Å². The number of carbonyl (C=O) groups is 1. The van der Waals surface area contributed by atoms with Crippen LogP contribution in [0.15, 0.2) is 48.8 Å². The number of nitrogens with zero attached hydrogens (tertiary/aromatic N) is 5. The van der Waals surface area contributed by atoms with E-state index in [0.717, 1.165) is 41.2 Å². The third-order valence-corrected chi connectivity index (χ3v) is 5.05. The largest absolute Gasteiger partial charge is 0.325 e. The highest BCUT2D eigenvalue weighted by Gasteiger charge is 2.28. The highest BCUT2D eigenvalue weighted by Crippen LogP contribution is 2.36. The maximum Gasteiger partial charge on any atom is 0.234 e. The van der Waals surface area contributed by atoms with Crippen molar-refractivity contribution in [2.75, 3.05) is 11.1 Å². The zero-order chi connectivity index (χ0) is 17.8. The van der Waals surface area contributed by atoms with Gasteiger partial charge >= 0.3 is 0 Å². The lowest BCUT2D eigenvalue weighted by atomic mass is 10.2. The van der Waals surface area contributed by atoms with E-state index in [9.17, 15) is 4.79 Å². The molecule has 4 rings (SSSR count). The number of hydrogen-bond acceptors (Lipinski definition) is 6. The Labute approximate surface area is 155 Å². The van der Waals surface area contributed by atoms with Gasteiger partial charge in [0.1, 0.15) is 0 Å². The molecule has 3 aromatic rings. The van der Waals surface area contributed by atoms with Gasteiger partial charge in [-0.2, -0.15) is 0 Å². The molecule has 0 bridgehead atoms. The Morgan fingerprint density at radius 1 is 1.23 bits per heavy atom. The lowest BCUT2D eigenvalue weighted by Gasteiger charge is -2.08. The average molecular weight is 366 g/mol. The van der Waals surface area contributed by atoms with Gasteiger partial charge in [-0.25, -0.2) is 4.68 Å². The summed E-state index contributed by atoms with van der Waals surface area (Å²) in [5.74, 6) is 1.90. The number of hydrogen-bond donors (Lipinski definition) is 1. The van der Waals surface area contributed by atoms with Gasteiger partial charge in [0.2, 0.25) is 5.91 Å². The van der Waals surface area contributed by atoms with Crippen LogP contribution in [0.4, 0.5) is 5.69 Å². The van der Waals surface area contributed by atoms with Crippen molar-refractivity contribution >= 4 is 23.4 Å². The number of anilines is 1. The predicted molar refractivity (Wildman–Crippen MR) is 101 cm³/mol. The smallest absolute Gasteiger partial charge is 0.234 e. The van der Waals surface area contributed by atoms with Gasteiger partial charge in [-0.05, 0) is 53.1 Å². The van der Waals surface area contributed by atoms with Crippen LogP contribution >= 0.6 is 11.8 Å². The number of benzene rings is 1. The molecule has 1 aliphatic rings. The van der Waals surface area contributed by atoms with E-state index in [1.54, 1.807) is 24.2 Å². The number of carbonyl (C=O) groups excluding carboxylic acids is 1. The molecule has 1 N–H and O–H groups in total. The Bertz CT molecular complexity index is 893. The first-order valence-electron chi connectivity index (χ1n) is 8.44. The molecule has 2 aromatic heterocycles. The molecule has 0 saturated heterocycles. The Morgan fingerprint density at radius 3 is 2.88 bits per heavy atom. The summed E-state index contributed by atoms with van der Waals surface area (Å²) in [7, 11) is 0. The molecular weight excluding hydrogens is 348 g/mol. The molecule has 1 amide bonds. The molecule has 1 fully saturated rings. The van der Waals surface area contributed by atoms with E-state index in [-0.39, 0.29) is 5.91 Å². The third-order valence-electron chi connectivity index (χ3n) is 4.04. The fraction of sp³-hybridized carbons (Fsp3) is 0.278. The van der Waals surface area contributed by atoms with Crippen LogP contribution in [0.2, 0.25) is 0 Å². The van der Waals surface area contributed by atoms with Gasteiger partial charge in [0.25, 0.3) is 0 Å². The van der Waals surface area contributed by atoms with Crippen molar-refractivity contribution in [3.05, 3.63) is 54.4 Å². The van der Waals surface area contributed by atoms with E-state index in [4.69, 9.17) is 0 Å². The van der Waals surface area contributed by atoms with Gasteiger partial charge in [-0.1, -0.05) is 12.1 Å². The summed E-state index contributed by atoms with van der Waals surface area (Å²) in [6.07, 6.45) is 5.75. The highest BCUT2D eigenvalue weighted by atomic mass is 32.2. The zero-order valence-electron chi connectivity index (χ0n) is 14.1. The van der Waals surface area contributed by atoms with E-state index in [0.29, 0.717) is 11.8 Å². The van der Waals surface area contributed by atoms with Gasteiger partial charge in [0, 0.05) is 29.4 Å². The molecule has 1 aromatic carbocycles. The van der Waals surface area contributed by atoms with Crippen LogP contribution in [0.1, 0.15) is 24.4 Å². The minimum absolute atomic E-state index is 0.0250. The zero-order valence-corrected chi connectivity index (χ0v) is 14.9. The molecule has 26 heavy (non-hydrogen) atoms. The van der Waals surface area contributed by atoms with E-state index >= 15 is 0 Å². The third kappa shape index (κ3) is 4.08. The summed E-state index contributed by atoms with van der Waals surface area (Å²) >= 11 is 1.57. The predicted octanol–water partition coefficient (Wildman–Crippen LogP) is 2.94. The Hall–Kier alpha value is -2.74. The summed E-state index contributed by atoms with van der Waals surface area (Å²) in [5, 5.41) is 14.9. The number of pyridine rings is 1. The van der Waals surface area contributed by atoms with Crippen molar-refractivity contribution in [2.45, 2.75) is 24.6 Å². The number of amides is 1. The number of rotatable bonds is 7. The van der Waals surface area contributed by atoms with Crippen molar-refractivity contribution < 1.29 is 4.79 Å². The highest BCUT2D eigenvalue weighted by molar-refractivity contribution is 7.99. The van der Waals surface area contributed by atoms with Gasteiger partial charge in [-0.15, -0.1) is 16.9 Å². The van der Waals surface area contributed by atoms with Crippen LogP contribution in [-0.4, -0.2) is 36.9 Å². The second-order valence-electron chi connectivity index (χ2n) is 6.16. The number of nitrogens with one attached hydrogen (secondary N) is 1. The molecular formula is C18H18N6OS. The molecule has 132 valence electrons. The maximum atomic E-state index is 12.2. The quantitative estimate of drug-likeness (QED) is 0.692. The van der Waals surface area contributed by atoms with Crippen molar-refractivity contribution in [3.8, 4) is 11.4 Å². The maximum absolute atomic E-state index is 12.2. The first-order chi connectivity index (χ1) is 12.8. The van der Waals surface area contributed by atoms with Crippen LogP contribution in [0, 0.1) is 0 Å². The molecule has 0 spiro atoms. The minimum Gasteiger partial charge on any atom is -0.325 e. The lowest BCUT2D eigenvalue weighted by molar-refractivity contribution is -0.113. The normalized spacial score (nSPS) is 13.5. The molecule has 1 saturated carbocycles. The second kappa shape index (κ2) is 7.65. The lowest BCUT2D eigenvalue weighted by Crippen LogP contribution is -2.14. The van der Waals surface area contributed by atoms with Gasteiger partial charge in [0.15, 0.2) is 5.82 Å². The molecule has 0 radical (unpaired) electrons. The summed E-state index contributed by atoms with van der Waals surface area (Å²) < 4.78 is 1.87. The fourth-order valence-electron chi connectivity index (χ4n) is 2.62. The first-order valence-corrected chi connectivity index (χ1v) is 9.60. The molecule has 0 unspecified atom stereocenters. The van der Waals surface area contributed by atoms with Crippen LogP contribution in [-0.2, 0) is 10.5 Å². The standard InChI is InChI=1S/C18H18N6OS/c25-17(12-26-11-13-6-8-19-9-7-13)20-15-3-1-2-14(10-15)18-21-22-23-24(18)16-4-5-16/h1-3,6-10,16H,4-5,11-12H2,(H,20,25). The summed E-state index contributed by atoms with van der Waals surface area (Å²) in [5.41, 5.74) is 2.82. The number of thioether (sulfide) groups is 1. The van der Waals surface area contributed by atoms with E-state index in [1.807, 2.05) is 41.1 Å². The van der Waals surface area contributed by atoms with Crippen molar-refractivity contribution in [1.29, 1.82) is 0 Å². The molecule has 7 nitrogen and oxygen atoms in total. The molecule has 0 aliphatic heterocycles. The first kappa shape index (κ1) is 16.7. The minimum atomic E-state index is -0.0250. The summed E-state index contributed by atoms with van der Waals surface area (Å²) in [6, 6.07) is 12.0. The Kier molecular flexibility index (Phi) is 4.92. The average Bonchev–Trinajstić information content (AvgIpc) is 3.39. The summed E-state index contributed by atoms with van der Waals surface area (Å²) in [6.45, 7) is 0. The Balaban J connectivity index is 1.36. The molecule has 8 heteroatoms. The fourth-order valence-corrected chi connectivity index (χ4v) is 3.41. The summed E-state index contributed by atoms with van der Waals surface area (Å²) in [4.78, 5) is 16.2. The van der Waals surface area contributed by atoms with E-state index < -0.39 is 0 Å². The van der Waals surface area contributed by atoms with E-state index in [2.05, 4.69) is 25.8 Å². The molecule has 2 heterocycles. The topological polar surface area (TPSA) is 85.6 Å². The molecule has 1 aliphatic carbocycles. The van der Waals surface area contributed by atoms with Crippen LogP contribution < -0.4 is 5.32 Å². The monoisotopic (exact) mass is 366 g/mol. The number of aromatic nitrogens is 5. The SMILES string of the molecule is O=C(CSCc1ccncc1)Nc1cccc(-c2nnnn2C2CC2)c1. The van der Waals surface area contributed by atoms with E-state index in [1.165, 1.54) is 0 Å². The molecule has 0 atom stereocenters. The second-order valence-corrected chi connectivity index (χ2v) is 7.14. The van der Waals surface area contributed by atoms with Crippen LogP contribution in [0.5, 0.6) is 0 Å². The Morgan fingerprint density at radius 2 is 2.08 bits per heavy atom. The van der Waals surface area contributed by atoms with Gasteiger partial charge in [-0.3, -0.25) is 9.78 Å². The van der Waals surface area contributed by atoms with Crippen molar-refractivity contribution in [2.24, 2.45) is 0 Å². The van der Waals surface area contributed by atoms with Crippen LogP contribution in [0.3, 0.4) is 0 Å². The van der Waals surface area contributed by atoms with Crippen LogP contribution in [0.25, 0.3) is 11.4 Å². The van der Waals surface area contributed by atoms with Gasteiger partial charge in [0.05, 0.1) is 11.8 Å².